The predicted molar refractivity (Wildman–Crippen MR) is 82.8 cm³/mol. The maximum absolute atomic E-state index is 13.3. The Morgan fingerprint density at radius 1 is 1.12 bits per heavy atom. The molecule has 2 atom stereocenters. The van der Waals surface area contributed by atoms with Gasteiger partial charge in [-0.2, -0.15) is 4.52 Å². The highest BCUT2D eigenvalue weighted by Gasteiger charge is 2.29. The van der Waals surface area contributed by atoms with Crippen molar-refractivity contribution in [2.24, 2.45) is 0 Å². The van der Waals surface area contributed by atoms with Gasteiger partial charge >= 0.3 is 0 Å². The number of fused-ring (bicyclic) bond motifs is 1. The average Bonchev–Trinajstić information content (AvgIpc) is 3.15. The second kappa shape index (κ2) is 6.03. The molecule has 1 aromatic carbocycles. The molecule has 1 fully saturated rings. The van der Waals surface area contributed by atoms with Gasteiger partial charge in [0.15, 0.2) is 5.65 Å². The number of nitrogens with one attached hydrogen (secondary N) is 1. The van der Waals surface area contributed by atoms with Gasteiger partial charge in [-0.15, -0.1) is 15.3 Å². The first-order valence-electron chi connectivity index (χ1n) is 7.74. The second-order valence-corrected chi connectivity index (χ2v) is 5.80. The minimum absolute atomic E-state index is 0.0118. The Bertz CT molecular complexity index is 848. The van der Waals surface area contributed by atoms with Crippen molar-refractivity contribution < 1.29 is 13.5 Å². The molecule has 0 spiro atoms. The molecule has 1 aliphatic rings. The summed E-state index contributed by atoms with van der Waals surface area (Å²) in [6.45, 7) is 0. The van der Waals surface area contributed by atoms with Crippen LogP contribution in [0.1, 0.15) is 19.3 Å². The molecule has 8 heteroatoms. The van der Waals surface area contributed by atoms with Crippen LogP contribution in [-0.2, 0) is 0 Å². The lowest BCUT2D eigenvalue weighted by Gasteiger charge is -2.22. The third-order valence-electron chi connectivity index (χ3n) is 4.07. The zero-order valence-corrected chi connectivity index (χ0v) is 12.7. The zero-order chi connectivity index (χ0) is 16.5. The van der Waals surface area contributed by atoms with E-state index in [1.54, 1.807) is 4.52 Å². The van der Waals surface area contributed by atoms with Crippen molar-refractivity contribution in [2.45, 2.75) is 31.4 Å². The van der Waals surface area contributed by atoms with Crippen molar-refractivity contribution in [1.29, 1.82) is 0 Å². The van der Waals surface area contributed by atoms with Crippen LogP contribution < -0.4 is 10.1 Å². The van der Waals surface area contributed by atoms with Crippen LogP contribution in [0, 0.1) is 11.6 Å². The van der Waals surface area contributed by atoms with Crippen LogP contribution in [0.5, 0.6) is 5.75 Å². The van der Waals surface area contributed by atoms with Crippen LogP contribution in [0.3, 0.4) is 0 Å². The van der Waals surface area contributed by atoms with E-state index in [1.807, 2.05) is 12.1 Å². The number of aromatic nitrogens is 4. The van der Waals surface area contributed by atoms with Crippen LogP contribution >= 0.6 is 0 Å². The first-order chi connectivity index (χ1) is 11.7. The maximum atomic E-state index is 13.3. The monoisotopic (exact) mass is 331 g/mol. The molecule has 0 amide bonds. The number of nitrogens with zero attached hydrogens (tertiary/aromatic N) is 4. The average molecular weight is 331 g/mol. The fraction of sp³-hybridized carbons (Fsp3) is 0.312. The van der Waals surface area contributed by atoms with Gasteiger partial charge in [0.1, 0.15) is 35.6 Å². The van der Waals surface area contributed by atoms with E-state index in [0.717, 1.165) is 25.3 Å². The van der Waals surface area contributed by atoms with Crippen molar-refractivity contribution in [3.63, 3.8) is 0 Å². The smallest absolute Gasteiger partial charge is 0.177 e. The molecule has 2 aromatic heterocycles. The molecule has 0 bridgehead atoms. The summed E-state index contributed by atoms with van der Waals surface area (Å²) in [6.07, 6.45) is 4.02. The Morgan fingerprint density at radius 3 is 2.79 bits per heavy atom. The minimum atomic E-state index is -0.646. The molecule has 124 valence electrons. The normalized spacial score (nSPS) is 20.4. The van der Waals surface area contributed by atoms with Gasteiger partial charge < -0.3 is 10.1 Å². The topological polar surface area (TPSA) is 64.3 Å². The summed E-state index contributed by atoms with van der Waals surface area (Å²) in [4.78, 5) is 0. The highest BCUT2D eigenvalue weighted by Crippen LogP contribution is 2.27. The Kier molecular flexibility index (Phi) is 3.72. The molecule has 0 unspecified atom stereocenters. The van der Waals surface area contributed by atoms with E-state index in [0.29, 0.717) is 11.5 Å². The molecule has 0 aliphatic heterocycles. The maximum Gasteiger partial charge on any atom is 0.177 e. The van der Waals surface area contributed by atoms with Gasteiger partial charge in [0.05, 0.1) is 6.04 Å². The van der Waals surface area contributed by atoms with Crippen molar-refractivity contribution >= 4 is 11.5 Å². The van der Waals surface area contributed by atoms with Gasteiger partial charge in [-0.3, -0.25) is 0 Å². The molecule has 2 heterocycles. The molecule has 0 radical (unpaired) electrons. The third kappa shape index (κ3) is 2.99. The van der Waals surface area contributed by atoms with Gasteiger partial charge in [0, 0.05) is 18.2 Å². The molecule has 1 saturated carbocycles. The number of hydrogen-bond donors (Lipinski definition) is 1. The molecular formula is C16H15F2N5O. The van der Waals surface area contributed by atoms with Gasteiger partial charge in [-0.25, -0.2) is 8.78 Å². The number of benzene rings is 1. The lowest BCUT2D eigenvalue weighted by atomic mass is 10.2. The quantitative estimate of drug-likeness (QED) is 0.796. The van der Waals surface area contributed by atoms with Crippen LogP contribution in [0.4, 0.5) is 14.6 Å². The van der Waals surface area contributed by atoms with Crippen molar-refractivity contribution in [3.05, 3.63) is 48.3 Å². The molecule has 6 nitrogen and oxygen atoms in total. The molecule has 4 rings (SSSR count). The summed E-state index contributed by atoms with van der Waals surface area (Å²) in [5.41, 5.74) is 0.662. The van der Waals surface area contributed by atoms with E-state index in [1.165, 1.54) is 18.5 Å². The van der Waals surface area contributed by atoms with Crippen LogP contribution in [0.2, 0.25) is 0 Å². The van der Waals surface area contributed by atoms with E-state index in [9.17, 15) is 8.78 Å². The first-order valence-corrected chi connectivity index (χ1v) is 7.74. The van der Waals surface area contributed by atoms with E-state index in [4.69, 9.17) is 4.74 Å². The summed E-state index contributed by atoms with van der Waals surface area (Å²) in [6, 6.07) is 6.86. The molecule has 24 heavy (non-hydrogen) atoms. The van der Waals surface area contributed by atoms with Crippen LogP contribution in [0.25, 0.3) is 5.65 Å². The van der Waals surface area contributed by atoms with Gasteiger partial charge in [0.25, 0.3) is 0 Å². The number of anilines is 1. The van der Waals surface area contributed by atoms with Gasteiger partial charge in [0.2, 0.25) is 0 Å². The van der Waals surface area contributed by atoms with Crippen molar-refractivity contribution in [3.8, 4) is 5.75 Å². The van der Waals surface area contributed by atoms with Crippen molar-refractivity contribution in [1.82, 2.24) is 19.8 Å². The Hall–Kier alpha value is -2.77. The lowest BCUT2D eigenvalue weighted by Crippen LogP contribution is -2.33. The first kappa shape index (κ1) is 14.8. The van der Waals surface area contributed by atoms with Gasteiger partial charge in [-0.1, -0.05) is 0 Å². The molecule has 1 aliphatic carbocycles. The summed E-state index contributed by atoms with van der Waals surface area (Å²) < 4.78 is 34.0. The number of rotatable bonds is 4. The Morgan fingerprint density at radius 2 is 1.96 bits per heavy atom. The SMILES string of the molecule is Fc1cc(F)cc(O[C@@H]2CCC[C@@H]2Nc2ccc3nncn3n2)c1. The fourth-order valence-electron chi connectivity index (χ4n) is 3.00. The minimum Gasteiger partial charge on any atom is -0.488 e. The lowest BCUT2D eigenvalue weighted by molar-refractivity contribution is 0.196. The number of halogens is 2. The molecule has 0 saturated heterocycles. The van der Waals surface area contributed by atoms with E-state index < -0.39 is 11.6 Å². The standard InChI is InChI=1S/C16H15F2N5O/c17-10-6-11(18)8-12(7-10)24-14-3-1-2-13(14)20-15-4-5-16-21-19-9-23(16)22-15/h4-9,13-14H,1-3H2,(H,20,22)/t13-,14+/m0/s1. The van der Waals surface area contributed by atoms with E-state index >= 15 is 0 Å². The Balaban J connectivity index is 1.49. The summed E-state index contributed by atoms with van der Waals surface area (Å²) in [5, 5.41) is 15.4. The number of ether oxygens (including phenoxy) is 1. The largest absolute Gasteiger partial charge is 0.488 e. The molecule has 3 aromatic rings. The molecule has 1 N–H and O–H groups in total. The van der Waals surface area contributed by atoms with Crippen LogP contribution in [-0.4, -0.2) is 32.0 Å². The van der Waals surface area contributed by atoms with E-state index in [2.05, 4.69) is 20.6 Å². The fourth-order valence-corrected chi connectivity index (χ4v) is 3.00. The second-order valence-electron chi connectivity index (χ2n) is 5.80. The predicted octanol–water partition coefficient (Wildman–Crippen LogP) is 2.81. The Labute approximate surface area is 136 Å². The summed E-state index contributed by atoms with van der Waals surface area (Å²) >= 11 is 0. The zero-order valence-electron chi connectivity index (χ0n) is 12.7. The highest BCUT2D eigenvalue weighted by molar-refractivity contribution is 5.43. The number of hydrogen-bond acceptors (Lipinski definition) is 5. The van der Waals surface area contributed by atoms with Gasteiger partial charge in [-0.05, 0) is 31.4 Å². The summed E-state index contributed by atoms with van der Waals surface area (Å²) in [7, 11) is 0. The summed E-state index contributed by atoms with van der Waals surface area (Å²) in [5.74, 6) is -0.416. The third-order valence-corrected chi connectivity index (χ3v) is 4.07. The highest BCUT2D eigenvalue weighted by atomic mass is 19.1. The van der Waals surface area contributed by atoms with Crippen molar-refractivity contribution in [2.75, 3.05) is 5.32 Å². The van der Waals surface area contributed by atoms with Crippen LogP contribution in [0.15, 0.2) is 36.7 Å². The van der Waals surface area contributed by atoms with E-state index in [-0.39, 0.29) is 17.9 Å². The molecular weight excluding hydrogens is 316 g/mol.